The maximum absolute atomic E-state index is 13.8. The third-order valence-electron chi connectivity index (χ3n) is 6.56. The van der Waals surface area contributed by atoms with Crippen LogP contribution >= 0.6 is 0 Å². The van der Waals surface area contributed by atoms with Crippen LogP contribution in [0.3, 0.4) is 0 Å². The third-order valence-corrected chi connectivity index (χ3v) is 6.56. The minimum Gasteiger partial charge on any atom is -0.373 e. The Morgan fingerprint density at radius 3 is 2.50 bits per heavy atom. The monoisotopic (exact) mass is 403 g/mol. The molecule has 0 aliphatic carbocycles. The molecule has 5 heteroatoms. The van der Waals surface area contributed by atoms with Crippen molar-refractivity contribution in [2.45, 2.75) is 25.0 Å². The number of ether oxygens (including phenoxy) is 1. The highest BCUT2D eigenvalue weighted by Crippen LogP contribution is 2.33. The quantitative estimate of drug-likeness (QED) is 0.664. The Bertz CT molecular complexity index is 1020. The highest BCUT2D eigenvalue weighted by molar-refractivity contribution is 5.99. The van der Waals surface area contributed by atoms with Gasteiger partial charge < -0.3 is 19.1 Å². The first-order chi connectivity index (χ1) is 14.7. The van der Waals surface area contributed by atoms with Crippen molar-refractivity contribution in [3.05, 3.63) is 71.9 Å². The molecule has 0 bridgehead atoms. The van der Waals surface area contributed by atoms with Gasteiger partial charge in [-0.15, -0.1) is 0 Å². The summed E-state index contributed by atoms with van der Waals surface area (Å²) < 4.78 is 8.29. The number of carbonyl (C=O) groups is 1. The Labute approximate surface area is 177 Å². The second-order valence-corrected chi connectivity index (χ2v) is 8.42. The Balaban J connectivity index is 1.50. The molecule has 2 aliphatic heterocycles. The van der Waals surface area contributed by atoms with Crippen LogP contribution in [-0.4, -0.2) is 59.2 Å². The van der Waals surface area contributed by atoms with Crippen molar-refractivity contribution in [2.75, 3.05) is 32.8 Å². The van der Waals surface area contributed by atoms with Gasteiger partial charge >= 0.3 is 0 Å². The molecule has 2 aromatic carbocycles. The van der Waals surface area contributed by atoms with Gasteiger partial charge in [0.05, 0.1) is 18.8 Å². The largest absolute Gasteiger partial charge is 0.373 e. The lowest BCUT2D eigenvalue weighted by molar-refractivity contribution is -0.0709. The maximum atomic E-state index is 13.8. The van der Waals surface area contributed by atoms with Crippen LogP contribution in [0.5, 0.6) is 0 Å². The highest BCUT2D eigenvalue weighted by atomic mass is 16.5. The van der Waals surface area contributed by atoms with Gasteiger partial charge in [0, 0.05) is 31.0 Å². The van der Waals surface area contributed by atoms with Gasteiger partial charge in [-0.25, -0.2) is 0 Å². The molecule has 2 atom stereocenters. The molecular formula is C25H29N3O2. The summed E-state index contributed by atoms with van der Waals surface area (Å²) in [7, 11) is 1.98. The molecule has 2 fully saturated rings. The minimum atomic E-state index is -0.0777. The predicted octanol–water partition coefficient (Wildman–Crippen LogP) is 3.86. The zero-order valence-electron chi connectivity index (χ0n) is 17.5. The van der Waals surface area contributed by atoms with Crippen LogP contribution in [0.1, 0.15) is 34.9 Å². The SMILES string of the molecule is Cn1c(C(=O)N2CCO[C@@H](CN3CCCC3)[C@@H]2c2ccccc2)cc2ccccc21. The van der Waals surface area contributed by atoms with E-state index in [-0.39, 0.29) is 18.1 Å². The summed E-state index contributed by atoms with van der Waals surface area (Å²) >= 11 is 0. The predicted molar refractivity (Wildman–Crippen MR) is 119 cm³/mol. The lowest BCUT2D eigenvalue weighted by Crippen LogP contribution is -2.51. The van der Waals surface area contributed by atoms with Crippen molar-refractivity contribution in [3.8, 4) is 0 Å². The zero-order valence-corrected chi connectivity index (χ0v) is 17.5. The Morgan fingerprint density at radius 2 is 1.73 bits per heavy atom. The summed E-state index contributed by atoms with van der Waals surface area (Å²) in [6.07, 6.45) is 2.49. The normalized spacial score (nSPS) is 22.6. The lowest BCUT2D eigenvalue weighted by Gasteiger charge is -2.42. The smallest absolute Gasteiger partial charge is 0.271 e. The summed E-state index contributed by atoms with van der Waals surface area (Å²) in [6, 6.07) is 20.5. The number of hydrogen-bond donors (Lipinski definition) is 0. The van der Waals surface area contributed by atoms with E-state index in [4.69, 9.17) is 4.74 Å². The average molecular weight is 404 g/mol. The average Bonchev–Trinajstić information content (AvgIpc) is 3.42. The summed E-state index contributed by atoms with van der Waals surface area (Å²) in [5.41, 5.74) is 2.96. The van der Waals surface area contributed by atoms with E-state index in [1.54, 1.807) is 0 Å². The van der Waals surface area contributed by atoms with Crippen LogP contribution in [0.25, 0.3) is 10.9 Å². The van der Waals surface area contributed by atoms with E-state index >= 15 is 0 Å². The van der Waals surface area contributed by atoms with Crippen molar-refractivity contribution >= 4 is 16.8 Å². The summed E-state index contributed by atoms with van der Waals surface area (Å²) in [5, 5.41) is 1.10. The standard InChI is InChI=1S/C25H29N3O2/c1-26-21-12-6-5-11-20(21)17-22(26)25(29)28-15-16-30-23(18-27-13-7-8-14-27)24(28)19-9-3-2-4-10-19/h2-6,9-12,17,23-24H,7-8,13-16,18H2,1H3/t23-,24-/m0/s1. The molecule has 1 aromatic heterocycles. The number of rotatable bonds is 4. The van der Waals surface area contributed by atoms with E-state index in [0.29, 0.717) is 13.2 Å². The molecule has 2 aliphatic rings. The maximum Gasteiger partial charge on any atom is 0.271 e. The molecule has 156 valence electrons. The van der Waals surface area contributed by atoms with E-state index in [0.717, 1.165) is 41.8 Å². The second kappa shape index (κ2) is 8.25. The van der Waals surface area contributed by atoms with Gasteiger partial charge in [-0.2, -0.15) is 0 Å². The van der Waals surface area contributed by atoms with Gasteiger partial charge in [-0.05, 0) is 43.6 Å². The second-order valence-electron chi connectivity index (χ2n) is 8.42. The van der Waals surface area contributed by atoms with Crippen molar-refractivity contribution in [3.63, 3.8) is 0 Å². The number of morpholine rings is 1. The summed E-state index contributed by atoms with van der Waals surface area (Å²) in [6.45, 7) is 4.31. The number of amides is 1. The fraction of sp³-hybridized carbons (Fsp3) is 0.400. The summed E-state index contributed by atoms with van der Waals surface area (Å²) in [4.78, 5) is 18.3. The molecule has 5 nitrogen and oxygen atoms in total. The minimum absolute atomic E-state index is 0.0158. The van der Waals surface area contributed by atoms with E-state index in [1.165, 1.54) is 12.8 Å². The first kappa shape index (κ1) is 19.3. The number of aromatic nitrogens is 1. The van der Waals surface area contributed by atoms with Gasteiger partial charge in [-0.1, -0.05) is 48.5 Å². The lowest BCUT2D eigenvalue weighted by atomic mass is 9.97. The van der Waals surface area contributed by atoms with Crippen molar-refractivity contribution in [1.82, 2.24) is 14.4 Å². The van der Waals surface area contributed by atoms with Crippen LogP contribution in [0.2, 0.25) is 0 Å². The molecule has 0 radical (unpaired) electrons. The van der Waals surface area contributed by atoms with E-state index < -0.39 is 0 Å². The van der Waals surface area contributed by atoms with Crippen LogP contribution in [0, 0.1) is 0 Å². The van der Waals surface area contributed by atoms with E-state index in [9.17, 15) is 4.79 Å². The number of nitrogens with zero attached hydrogens (tertiary/aromatic N) is 3. The highest BCUT2D eigenvalue weighted by Gasteiger charge is 2.38. The third kappa shape index (κ3) is 3.53. The van der Waals surface area contributed by atoms with Gasteiger partial charge in [0.25, 0.3) is 5.91 Å². The molecule has 0 N–H and O–H groups in total. The van der Waals surface area contributed by atoms with Gasteiger partial charge in [-0.3, -0.25) is 4.79 Å². The first-order valence-electron chi connectivity index (χ1n) is 11.0. The molecule has 2 saturated heterocycles. The molecule has 0 saturated carbocycles. The van der Waals surface area contributed by atoms with Crippen molar-refractivity contribution in [2.24, 2.45) is 7.05 Å². The Hall–Kier alpha value is -2.63. The Morgan fingerprint density at radius 1 is 1.00 bits per heavy atom. The van der Waals surface area contributed by atoms with Gasteiger partial charge in [0.2, 0.25) is 0 Å². The molecule has 0 spiro atoms. The topological polar surface area (TPSA) is 37.7 Å². The number of likely N-dealkylation sites (tertiary alicyclic amines) is 1. The fourth-order valence-corrected chi connectivity index (χ4v) is 5.02. The first-order valence-corrected chi connectivity index (χ1v) is 11.0. The molecule has 30 heavy (non-hydrogen) atoms. The fourth-order valence-electron chi connectivity index (χ4n) is 5.02. The Kier molecular flexibility index (Phi) is 5.32. The number of hydrogen-bond acceptors (Lipinski definition) is 3. The molecule has 3 aromatic rings. The van der Waals surface area contributed by atoms with E-state index in [2.05, 4.69) is 41.3 Å². The molecule has 3 heterocycles. The number of aryl methyl sites for hydroxylation is 1. The van der Waals surface area contributed by atoms with Crippen LogP contribution < -0.4 is 0 Å². The molecular weight excluding hydrogens is 374 g/mol. The van der Waals surface area contributed by atoms with Crippen LogP contribution in [0.15, 0.2) is 60.7 Å². The van der Waals surface area contributed by atoms with Crippen molar-refractivity contribution < 1.29 is 9.53 Å². The number of fused-ring (bicyclic) bond motifs is 1. The molecule has 5 rings (SSSR count). The van der Waals surface area contributed by atoms with Crippen molar-refractivity contribution in [1.29, 1.82) is 0 Å². The molecule has 1 amide bonds. The van der Waals surface area contributed by atoms with E-state index in [1.807, 2.05) is 40.8 Å². The summed E-state index contributed by atoms with van der Waals surface area (Å²) in [5.74, 6) is 0.0808. The van der Waals surface area contributed by atoms with Crippen LogP contribution in [0.4, 0.5) is 0 Å². The number of para-hydroxylation sites is 1. The number of benzene rings is 2. The van der Waals surface area contributed by atoms with Gasteiger partial charge in [0.1, 0.15) is 5.69 Å². The molecule has 0 unspecified atom stereocenters. The zero-order chi connectivity index (χ0) is 20.5. The van der Waals surface area contributed by atoms with Crippen LogP contribution in [-0.2, 0) is 11.8 Å². The number of carbonyl (C=O) groups excluding carboxylic acids is 1. The van der Waals surface area contributed by atoms with Gasteiger partial charge in [0.15, 0.2) is 0 Å².